The maximum Gasteiger partial charge on any atom is 0.344 e. The Bertz CT molecular complexity index is 451. The van der Waals surface area contributed by atoms with Gasteiger partial charge >= 0.3 is 11.9 Å². The minimum Gasteiger partial charge on any atom is -0.478 e. The summed E-state index contributed by atoms with van der Waals surface area (Å²) in [4.78, 5) is 25.1. The number of nitrogens with zero attached hydrogens (tertiary/aromatic N) is 1. The zero-order chi connectivity index (χ0) is 13.5. The van der Waals surface area contributed by atoms with Gasteiger partial charge in [0.2, 0.25) is 5.88 Å². The van der Waals surface area contributed by atoms with Crippen LogP contribution in [-0.4, -0.2) is 33.7 Å². The second-order valence-corrected chi connectivity index (χ2v) is 3.13. The molecule has 1 rings (SSSR count). The largest absolute Gasteiger partial charge is 0.478 e. The highest BCUT2D eigenvalue weighted by Crippen LogP contribution is 2.11. The molecule has 0 radical (unpaired) electrons. The molecule has 0 spiro atoms. The SMILES string of the molecule is CCOc1ccc(NC=C(C(=O)O)C(=O)O)cn1. The lowest BCUT2D eigenvalue weighted by Crippen LogP contribution is -2.12. The molecule has 0 amide bonds. The number of carboxylic acids is 2. The van der Waals surface area contributed by atoms with Crippen LogP contribution in [0, 0.1) is 0 Å². The van der Waals surface area contributed by atoms with Gasteiger partial charge in [-0.25, -0.2) is 14.6 Å². The van der Waals surface area contributed by atoms with Gasteiger partial charge in [-0.1, -0.05) is 0 Å². The van der Waals surface area contributed by atoms with Crippen LogP contribution in [0.2, 0.25) is 0 Å². The summed E-state index contributed by atoms with van der Waals surface area (Å²) in [6.07, 6.45) is 2.30. The van der Waals surface area contributed by atoms with Gasteiger partial charge in [-0.15, -0.1) is 0 Å². The molecule has 0 aliphatic rings. The van der Waals surface area contributed by atoms with Crippen LogP contribution in [0.25, 0.3) is 0 Å². The van der Waals surface area contributed by atoms with Crippen molar-refractivity contribution in [2.45, 2.75) is 6.92 Å². The third-order valence-corrected chi connectivity index (χ3v) is 1.87. The lowest BCUT2D eigenvalue weighted by molar-refractivity contribution is -0.140. The van der Waals surface area contributed by atoms with Crippen molar-refractivity contribution in [2.24, 2.45) is 0 Å². The fraction of sp³-hybridized carbons (Fsp3) is 0.182. The third-order valence-electron chi connectivity index (χ3n) is 1.87. The first kappa shape index (κ1) is 13.5. The summed E-state index contributed by atoms with van der Waals surface area (Å²) < 4.78 is 5.12. The molecule has 0 saturated carbocycles. The van der Waals surface area contributed by atoms with Gasteiger partial charge in [0.05, 0.1) is 18.5 Å². The van der Waals surface area contributed by atoms with Gasteiger partial charge in [0.1, 0.15) is 0 Å². The number of rotatable bonds is 6. The van der Waals surface area contributed by atoms with Crippen LogP contribution in [0.5, 0.6) is 5.88 Å². The fourth-order valence-corrected chi connectivity index (χ4v) is 1.07. The van der Waals surface area contributed by atoms with E-state index in [-0.39, 0.29) is 0 Å². The van der Waals surface area contributed by atoms with E-state index in [4.69, 9.17) is 14.9 Å². The Morgan fingerprint density at radius 3 is 2.50 bits per heavy atom. The maximum absolute atomic E-state index is 10.6. The van der Waals surface area contributed by atoms with Crippen LogP contribution in [0.1, 0.15) is 6.92 Å². The van der Waals surface area contributed by atoms with Gasteiger partial charge in [0, 0.05) is 12.3 Å². The molecule has 3 N–H and O–H groups in total. The number of hydrogen-bond acceptors (Lipinski definition) is 5. The molecule has 0 aromatic carbocycles. The number of nitrogens with one attached hydrogen (secondary N) is 1. The van der Waals surface area contributed by atoms with Crippen LogP contribution in [-0.2, 0) is 9.59 Å². The van der Waals surface area contributed by atoms with E-state index in [0.717, 1.165) is 6.20 Å². The maximum atomic E-state index is 10.6. The monoisotopic (exact) mass is 252 g/mol. The topological polar surface area (TPSA) is 109 Å². The molecule has 0 fully saturated rings. The second-order valence-electron chi connectivity index (χ2n) is 3.13. The zero-order valence-electron chi connectivity index (χ0n) is 9.58. The average Bonchev–Trinajstić information content (AvgIpc) is 2.31. The highest BCUT2D eigenvalue weighted by atomic mass is 16.5. The highest BCUT2D eigenvalue weighted by Gasteiger charge is 2.15. The minimum atomic E-state index is -1.52. The van der Waals surface area contributed by atoms with E-state index in [1.165, 1.54) is 6.20 Å². The molecule has 1 heterocycles. The van der Waals surface area contributed by atoms with Crippen molar-refractivity contribution in [2.75, 3.05) is 11.9 Å². The average molecular weight is 252 g/mol. The highest BCUT2D eigenvalue weighted by molar-refractivity contribution is 6.12. The quantitative estimate of drug-likeness (QED) is 0.392. The summed E-state index contributed by atoms with van der Waals surface area (Å²) in [6.45, 7) is 2.31. The lowest BCUT2D eigenvalue weighted by atomic mass is 10.3. The van der Waals surface area contributed by atoms with Crippen molar-refractivity contribution < 1.29 is 24.5 Å². The molecule has 0 atom stereocenters. The lowest BCUT2D eigenvalue weighted by Gasteiger charge is -2.04. The third kappa shape index (κ3) is 3.78. The van der Waals surface area contributed by atoms with Crippen molar-refractivity contribution in [3.05, 3.63) is 30.1 Å². The Hall–Kier alpha value is -2.57. The number of anilines is 1. The van der Waals surface area contributed by atoms with E-state index < -0.39 is 17.5 Å². The minimum absolute atomic E-state index is 0.434. The molecule has 1 aromatic rings. The summed E-state index contributed by atoms with van der Waals surface area (Å²) in [5.74, 6) is -2.61. The molecule has 0 saturated heterocycles. The number of hydrogen-bond donors (Lipinski definition) is 3. The van der Waals surface area contributed by atoms with Crippen LogP contribution in [0.4, 0.5) is 5.69 Å². The summed E-state index contributed by atoms with van der Waals surface area (Å²) in [6, 6.07) is 3.18. The van der Waals surface area contributed by atoms with Gasteiger partial charge in [-0.2, -0.15) is 0 Å². The van der Waals surface area contributed by atoms with Crippen molar-refractivity contribution in [1.29, 1.82) is 0 Å². The van der Waals surface area contributed by atoms with Crippen molar-refractivity contribution >= 4 is 17.6 Å². The van der Waals surface area contributed by atoms with Gasteiger partial charge in [-0.05, 0) is 13.0 Å². The van der Waals surface area contributed by atoms with Crippen molar-refractivity contribution in [3.63, 3.8) is 0 Å². The van der Waals surface area contributed by atoms with Crippen LogP contribution in [0.15, 0.2) is 30.1 Å². The molecule has 1 aromatic heterocycles. The molecule has 0 unspecified atom stereocenters. The summed E-state index contributed by atoms with van der Waals surface area (Å²) in [7, 11) is 0. The van der Waals surface area contributed by atoms with E-state index in [1.807, 2.05) is 6.92 Å². The Kier molecular flexibility index (Phi) is 4.67. The normalized spacial score (nSPS) is 9.39. The fourth-order valence-electron chi connectivity index (χ4n) is 1.07. The number of pyridine rings is 1. The summed E-state index contributed by atoms with van der Waals surface area (Å²) >= 11 is 0. The first-order valence-corrected chi connectivity index (χ1v) is 5.06. The van der Waals surface area contributed by atoms with E-state index in [1.54, 1.807) is 12.1 Å². The molecule has 0 aliphatic carbocycles. The van der Waals surface area contributed by atoms with Crippen molar-refractivity contribution in [3.8, 4) is 5.88 Å². The number of aliphatic carboxylic acids is 2. The molecule has 0 aliphatic heterocycles. The molecular weight excluding hydrogens is 240 g/mol. The Balaban J connectivity index is 2.75. The number of ether oxygens (including phenoxy) is 1. The summed E-state index contributed by atoms with van der Waals surface area (Å²) in [5.41, 5.74) is -0.303. The van der Waals surface area contributed by atoms with Gasteiger partial charge in [-0.3, -0.25) is 0 Å². The molecule has 96 valence electrons. The second kappa shape index (κ2) is 6.24. The molecule has 7 nitrogen and oxygen atoms in total. The molecule has 0 bridgehead atoms. The first-order chi connectivity index (χ1) is 8.54. The number of carbonyl (C=O) groups is 2. The predicted molar refractivity (Wildman–Crippen MR) is 62.4 cm³/mol. The Labute approximate surface area is 103 Å². The Morgan fingerprint density at radius 1 is 1.39 bits per heavy atom. The van der Waals surface area contributed by atoms with Gasteiger partial charge in [0.25, 0.3) is 0 Å². The van der Waals surface area contributed by atoms with E-state index >= 15 is 0 Å². The number of aromatic nitrogens is 1. The summed E-state index contributed by atoms with van der Waals surface area (Å²) in [5, 5.41) is 19.8. The first-order valence-electron chi connectivity index (χ1n) is 5.06. The number of carboxylic acid groups (broad SMARTS) is 2. The zero-order valence-corrected chi connectivity index (χ0v) is 9.58. The van der Waals surface area contributed by atoms with Gasteiger partial charge in [0.15, 0.2) is 5.57 Å². The smallest absolute Gasteiger partial charge is 0.344 e. The van der Waals surface area contributed by atoms with E-state index in [2.05, 4.69) is 10.3 Å². The van der Waals surface area contributed by atoms with Gasteiger partial charge < -0.3 is 20.3 Å². The van der Waals surface area contributed by atoms with Crippen molar-refractivity contribution in [1.82, 2.24) is 4.98 Å². The van der Waals surface area contributed by atoms with Crippen LogP contribution in [0.3, 0.4) is 0 Å². The van der Waals surface area contributed by atoms with Crippen LogP contribution >= 0.6 is 0 Å². The van der Waals surface area contributed by atoms with E-state index in [0.29, 0.717) is 18.2 Å². The standard InChI is InChI=1S/C11H12N2O5/c1-2-18-9-4-3-7(5-13-9)12-6-8(10(14)15)11(16)17/h3-6,12H,2H2,1H3,(H,14,15)(H,16,17). The Morgan fingerprint density at radius 2 is 2.06 bits per heavy atom. The predicted octanol–water partition coefficient (Wildman–Crippen LogP) is 0.945. The molecular formula is C11H12N2O5. The molecule has 7 heteroatoms. The van der Waals surface area contributed by atoms with E-state index in [9.17, 15) is 9.59 Å². The van der Waals surface area contributed by atoms with Crippen LogP contribution < -0.4 is 10.1 Å². The molecule has 18 heavy (non-hydrogen) atoms.